The summed E-state index contributed by atoms with van der Waals surface area (Å²) >= 11 is 0. The standard InChI is InChI=1S/C16H12N2O3/c1-10-14(7-4-8-17-10)21-15-11-5-2-3-6-13(11)18-9-12(15)16(19)20/h2-9H,1H3,(H,19,20). The molecule has 5 heteroatoms. The molecule has 3 rings (SSSR count). The van der Waals surface area contributed by atoms with Gasteiger partial charge < -0.3 is 9.84 Å². The second-order valence-corrected chi connectivity index (χ2v) is 4.51. The molecule has 0 aliphatic carbocycles. The quantitative estimate of drug-likeness (QED) is 0.795. The average Bonchev–Trinajstić information content (AvgIpc) is 2.49. The van der Waals surface area contributed by atoms with Gasteiger partial charge in [-0.2, -0.15) is 0 Å². The molecule has 0 amide bonds. The molecule has 0 aliphatic rings. The van der Waals surface area contributed by atoms with Crippen molar-refractivity contribution in [2.24, 2.45) is 0 Å². The number of aryl methyl sites for hydroxylation is 1. The van der Waals surface area contributed by atoms with Gasteiger partial charge in [-0.3, -0.25) is 9.97 Å². The highest BCUT2D eigenvalue weighted by molar-refractivity contribution is 5.98. The maximum absolute atomic E-state index is 11.4. The molecule has 5 nitrogen and oxygen atoms in total. The Kier molecular flexibility index (Phi) is 3.23. The lowest BCUT2D eigenvalue weighted by molar-refractivity contribution is 0.0694. The predicted octanol–water partition coefficient (Wildman–Crippen LogP) is 3.43. The van der Waals surface area contributed by atoms with E-state index in [9.17, 15) is 9.90 Å². The van der Waals surface area contributed by atoms with Crippen molar-refractivity contribution in [3.63, 3.8) is 0 Å². The van der Waals surface area contributed by atoms with Crippen LogP contribution in [-0.2, 0) is 0 Å². The van der Waals surface area contributed by atoms with Gasteiger partial charge in [-0.15, -0.1) is 0 Å². The van der Waals surface area contributed by atoms with Gasteiger partial charge in [0.05, 0.1) is 11.2 Å². The second-order valence-electron chi connectivity index (χ2n) is 4.51. The van der Waals surface area contributed by atoms with E-state index in [4.69, 9.17) is 4.74 Å². The van der Waals surface area contributed by atoms with Crippen LogP contribution in [0.5, 0.6) is 11.5 Å². The van der Waals surface area contributed by atoms with Gasteiger partial charge in [0.2, 0.25) is 0 Å². The summed E-state index contributed by atoms with van der Waals surface area (Å²) in [5.41, 5.74) is 1.39. The molecular weight excluding hydrogens is 268 g/mol. The van der Waals surface area contributed by atoms with Crippen LogP contribution in [0.15, 0.2) is 48.8 Å². The lowest BCUT2D eigenvalue weighted by atomic mass is 10.1. The molecule has 0 radical (unpaired) electrons. The first-order valence-corrected chi connectivity index (χ1v) is 6.37. The number of nitrogens with zero attached hydrogens (tertiary/aromatic N) is 2. The highest BCUT2D eigenvalue weighted by Crippen LogP contribution is 2.33. The van der Waals surface area contributed by atoms with Crippen molar-refractivity contribution in [1.29, 1.82) is 0 Å². The Morgan fingerprint density at radius 1 is 1.14 bits per heavy atom. The lowest BCUT2D eigenvalue weighted by Crippen LogP contribution is -2.02. The Balaban J connectivity index is 2.21. The lowest BCUT2D eigenvalue weighted by Gasteiger charge is -2.12. The number of pyridine rings is 2. The van der Waals surface area contributed by atoms with Gasteiger partial charge in [-0.1, -0.05) is 12.1 Å². The van der Waals surface area contributed by atoms with E-state index in [0.29, 0.717) is 22.3 Å². The molecule has 21 heavy (non-hydrogen) atoms. The minimum atomic E-state index is -1.08. The molecule has 1 N–H and O–H groups in total. The Hall–Kier alpha value is -2.95. The molecule has 0 saturated carbocycles. The summed E-state index contributed by atoms with van der Waals surface area (Å²) in [4.78, 5) is 19.7. The Labute approximate surface area is 120 Å². The molecule has 0 unspecified atom stereocenters. The second kappa shape index (κ2) is 5.20. The Bertz CT molecular complexity index is 831. The van der Waals surface area contributed by atoms with Gasteiger partial charge in [0.1, 0.15) is 11.3 Å². The molecule has 104 valence electrons. The third kappa shape index (κ3) is 2.41. The van der Waals surface area contributed by atoms with E-state index in [1.54, 1.807) is 31.3 Å². The highest BCUT2D eigenvalue weighted by Gasteiger charge is 2.17. The molecule has 2 heterocycles. The van der Waals surface area contributed by atoms with Crippen molar-refractivity contribution in [1.82, 2.24) is 9.97 Å². The Morgan fingerprint density at radius 2 is 1.95 bits per heavy atom. The van der Waals surface area contributed by atoms with E-state index in [0.717, 1.165) is 0 Å². The molecule has 0 bridgehead atoms. The largest absolute Gasteiger partial charge is 0.477 e. The number of hydrogen-bond donors (Lipinski definition) is 1. The normalized spacial score (nSPS) is 10.5. The molecule has 0 spiro atoms. The third-order valence-corrected chi connectivity index (χ3v) is 3.13. The number of carbonyl (C=O) groups is 1. The SMILES string of the molecule is Cc1ncccc1Oc1c(C(=O)O)cnc2ccccc12. The smallest absolute Gasteiger partial charge is 0.341 e. The van der Waals surface area contributed by atoms with Crippen LogP contribution in [0, 0.1) is 6.92 Å². The highest BCUT2D eigenvalue weighted by atomic mass is 16.5. The molecule has 0 saturated heterocycles. The zero-order valence-corrected chi connectivity index (χ0v) is 11.3. The van der Waals surface area contributed by atoms with Crippen molar-refractivity contribution in [2.75, 3.05) is 0 Å². The number of ether oxygens (including phenoxy) is 1. The molecule has 0 fully saturated rings. The van der Waals surface area contributed by atoms with Crippen molar-refractivity contribution < 1.29 is 14.6 Å². The van der Waals surface area contributed by atoms with Gasteiger partial charge in [0.25, 0.3) is 0 Å². The van der Waals surface area contributed by atoms with Crippen LogP contribution in [-0.4, -0.2) is 21.0 Å². The third-order valence-electron chi connectivity index (χ3n) is 3.13. The van der Waals surface area contributed by atoms with Crippen LogP contribution in [0.1, 0.15) is 16.1 Å². The molecule has 1 aromatic carbocycles. The van der Waals surface area contributed by atoms with E-state index in [2.05, 4.69) is 9.97 Å². The van der Waals surface area contributed by atoms with Crippen LogP contribution in [0.4, 0.5) is 0 Å². The first-order valence-electron chi connectivity index (χ1n) is 6.37. The number of hydrogen-bond acceptors (Lipinski definition) is 4. The topological polar surface area (TPSA) is 72.3 Å². The van der Waals surface area contributed by atoms with E-state index in [1.165, 1.54) is 6.20 Å². The number of carboxylic acids is 1. The number of carboxylic acid groups (broad SMARTS) is 1. The van der Waals surface area contributed by atoms with Gasteiger partial charge in [-0.05, 0) is 31.2 Å². The number of fused-ring (bicyclic) bond motifs is 1. The minimum absolute atomic E-state index is 0.0250. The van der Waals surface area contributed by atoms with Crippen LogP contribution in [0.25, 0.3) is 10.9 Å². The number of para-hydroxylation sites is 1. The summed E-state index contributed by atoms with van der Waals surface area (Å²) in [7, 11) is 0. The molecule has 0 aliphatic heterocycles. The maximum Gasteiger partial charge on any atom is 0.341 e. The maximum atomic E-state index is 11.4. The summed E-state index contributed by atoms with van der Waals surface area (Å²) in [6.07, 6.45) is 2.97. The fraction of sp³-hybridized carbons (Fsp3) is 0.0625. The number of benzene rings is 1. The number of rotatable bonds is 3. The predicted molar refractivity (Wildman–Crippen MR) is 77.8 cm³/mol. The van der Waals surface area contributed by atoms with Crippen molar-refractivity contribution in [2.45, 2.75) is 6.92 Å². The van der Waals surface area contributed by atoms with Crippen LogP contribution in [0.2, 0.25) is 0 Å². The zero-order valence-electron chi connectivity index (χ0n) is 11.3. The van der Waals surface area contributed by atoms with E-state index < -0.39 is 5.97 Å². The summed E-state index contributed by atoms with van der Waals surface area (Å²) in [6, 6.07) is 10.8. The summed E-state index contributed by atoms with van der Waals surface area (Å²) in [6.45, 7) is 1.80. The molecule has 3 aromatic rings. The van der Waals surface area contributed by atoms with Crippen LogP contribution in [0.3, 0.4) is 0 Å². The van der Waals surface area contributed by atoms with Gasteiger partial charge in [0, 0.05) is 17.8 Å². The minimum Gasteiger partial charge on any atom is -0.477 e. The molecule has 0 atom stereocenters. The van der Waals surface area contributed by atoms with Crippen molar-refractivity contribution in [3.8, 4) is 11.5 Å². The van der Waals surface area contributed by atoms with E-state index >= 15 is 0 Å². The molecule has 2 aromatic heterocycles. The fourth-order valence-corrected chi connectivity index (χ4v) is 2.07. The summed E-state index contributed by atoms with van der Waals surface area (Å²) in [5, 5.41) is 9.99. The van der Waals surface area contributed by atoms with Crippen molar-refractivity contribution >= 4 is 16.9 Å². The summed E-state index contributed by atoms with van der Waals surface area (Å²) < 4.78 is 5.83. The van der Waals surface area contributed by atoms with Gasteiger partial charge in [-0.25, -0.2) is 4.79 Å². The first kappa shape index (κ1) is 13.1. The zero-order chi connectivity index (χ0) is 14.8. The fourth-order valence-electron chi connectivity index (χ4n) is 2.07. The van der Waals surface area contributed by atoms with Gasteiger partial charge in [0.15, 0.2) is 5.75 Å². The average molecular weight is 280 g/mol. The van der Waals surface area contributed by atoms with E-state index in [1.807, 2.05) is 18.2 Å². The first-order chi connectivity index (χ1) is 10.2. The van der Waals surface area contributed by atoms with Crippen molar-refractivity contribution in [3.05, 3.63) is 60.0 Å². The Morgan fingerprint density at radius 3 is 2.71 bits per heavy atom. The van der Waals surface area contributed by atoms with Gasteiger partial charge >= 0.3 is 5.97 Å². The molecular formula is C16H12N2O3. The number of aromatic nitrogens is 2. The number of aromatic carboxylic acids is 1. The summed E-state index contributed by atoms with van der Waals surface area (Å²) in [5.74, 6) is -0.273. The van der Waals surface area contributed by atoms with Crippen LogP contribution >= 0.6 is 0 Å². The van der Waals surface area contributed by atoms with E-state index in [-0.39, 0.29) is 11.3 Å². The monoisotopic (exact) mass is 280 g/mol. The van der Waals surface area contributed by atoms with Crippen LogP contribution < -0.4 is 4.74 Å².